The number of hydrogen-bond donors (Lipinski definition) is 1. The maximum Gasteiger partial charge on any atom is 0.268 e. The lowest BCUT2D eigenvalue weighted by Gasteiger charge is -2.07. The highest BCUT2D eigenvalue weighted by Gasteiger charge is 2.14. The van der Waals surface area contributed by atoms with E-state index in [9.17, 15) is 9.18 Å². The number of aromatic nitrogens is 1. The van der Waals surface area contributed by atoms with Crippen LogP contribution in [0.15, 0.2) is 48.5 Å². The first-order valence-electron chi connectivity index (χ1n) is 6.83. The van der Waals surface area contributed by atoms with Crippen LogP contribution in [0.25, 0.3) is 10.9 Å². The molecule has 0 saturated carbocycles. The molecule has 112 valence electrons. The van der Waals surface area contributed by atoms with Gasteiger partial charge in [0.15, 0.2) is 0 Å². The molecule has 0 aliphatic carbocycles. The Morgan fingerprint density at radius 1 is 1.23 bits per heavy atom. The number of nitrogens with zero attached hydrogens (tertiary/aromatic N) is 1. The predicted molar refractivity (Wildman–Crippen MR) is 85.5 cm³/mol. The van der Waals surface area contributed by atoms with Crippen molar-refractivity contribution in [1.82, 2.24) is 9.88 Å². The summed E-state index contributed by atoms with van der Waals surface area (Å²) in [6.07, 6.45) is 0. The summed E-state index contributed by atoms with van der Waals surface area (Å²) in [5.74, 6) is -0.540. The molecular formula is C17H14ClFN2O. The average molecular weight is 317 g/mol. The molecule has 1 aromatic heterocycles. The summed E-state index contributed by atoms with van der Waals surface area (Å²) in [7, 11) is 1.82. The molecule has 0 aliphatic heterocycles. The number of aryl methyl sites for hydroxylation is 1. The van der Waals surface area contributed by atoms with Gasteiger partial charge in [0, 0.05) is 29.5 Å². The Kier molecular flexibility index (Phi) is 3.86. The van der Waals surface area contributed by atoms with Crippen LogP contribution in [0.3, 0.4) is 0 Å². The van der Waals surface area contributed by atoms with Crippen LogP contribution in [-0.2, 0) is 13.6 Å². The van der Waals surface area contributed by atoms with Gasteiger partial charge in [-0.15, -0.1) is 0 Å². The van der Waals surface area contributed by atoms with Crippen molar-refractivity contribution in [2.45, 2.75) is 6.54 Å². The van der Waals surface area contributed by atoms with Crippen molar-refractivity contribution < 1.29 is 9.18 Å². The Hall–Kier alpha value is -2.33. The summed E-state index contributed by atoms with van der Waals surface area (Å²) >= 11 is 6.15. The summed E-state index contributed by atoms with van der Waals surface area (Å²) in [5, 5.41) is 4.24. The van der Waals surface area contributed by atoms with E-state index in [4.69, 9.17) is 11.6 Å². The van der Waals surface area contributed by atoms with Crippen LogP contribution in [0, 0.1) is 5.82 Å². The number of fused-ring (bicyclic) bond motifs is 1. The van der Waals surface area contributed by atoms with Gasteiger partial charge in [-0.2, -0.15) is 0 Å². The van der Waals surface area contributed by atoms with Gasteiger partial charge in [-0.05, 0) is 35.9 Å². The minimum absolute atomic E-state index is 0.223. The second-order valence-corrected chi connectivity index (χ2v) is 5.48. The van der Waals surface area contributed by atoms with Crippen LogP contribution < -0.4 is 5.32 Å². The largest absolute Gasteiger partial charge is 0.347 e. The zero-order valence-corrected chi connectivity index (χ0v) is 12.7. The Balaban J connectivity index is 1.83. The van der Waals surface area contributed by atoms with E-state index in [1.165, 1.54) is 12.1 Å². The molecular weight excluding hydrogens is 303 g/mol. The third kappa shape index (κ3) is 2.70. The van der Waals surface area contributed by atoms with Crippen molar-refractivity contribution in [3.05, 3.63) is 70.6 Å². The Morgan fingerprint density at radius 3 is 2.73 bits per heavy atom. The molecule has 3 aromatic rings. The number of carbonyl (C=O) groups excluding carboxylic acids is 1. The van der Waals surface area contributed by atoms with Crippen molar-refractivity contribution in [2.24, 2.45) is 7.05 Å². The molecule has 1 heterocycles. The van der Waals surface area contributed by atoms with Gasteiger partial charge in [-0.1, -0.05) is 29.8 Å². The number of hydrogen-bond acceptors (Lipinski definition) is 1. The SMILES string of the molecule is Cn1c(C(=O)NCc2cccc(F)c2)cc2c(Cl)cccc21. The van der Waals surface area contributed by atoms with Crippen LogP contribution in [0.5, 0.6) is 0 Å². The van der Waals surface area contributed by atoms with Crippen molar-refractivity contribution in [1.29, 1.82) is 0 Å². The molecule has 0 atom stereocenters. The number of amides is 1. The first-order valence-corrected chi connectivity index (χ1v) is 7.20. The highest BCUT2D eigenvalue weighted by Crippen LogP contribution is 2.26. The molecule has 5 heteroatoms. The first kappa shape index (κ1) is 14.6. The van der Waals surface area contributed by atoms with Crippen LogP contribution in [-0.4, -0.2) is 10.5 Å². The smallest absolute Gasteiger partial charge is 0.268 e. The molecule has 0 spiro atoms. The molecule has 0 bridgehead atoms. The van der Waals surface area contributed by atoms with E-state index >= 15 is 0 Å². The minimum Gasteiger partial charge on any atom is -0.347 e. The van der Waals surface area contributed by atoms with Crippen LogP contribution >= 0.6 is 11.6 Å². The standard InChI is InChI=1S/C17H14ClFN2O/c1-21-15-7-3-6-14(18)13(15)9-16(21)17(22)20-10-11-4-2-5-12(19)8-11/h2-9H,10H2,1H3,(H,20,22). The van der Waals surface area contributed by atoms with Crippen molar-refractivity contribution in [3.63, 3.8) is 0 Å². The summed E-state index contributed by atoms with van der Waals surface area (Å²) in [5.41, 5.74) is 2.12. The lowest BCUT2D eigenvalue weighted by Crippen LogP contribution is -2.24. The minimum atomic E-state index is -0.317. The molecule has 0 fully saturated rings. The number of carbonyl (C=O) groups is 1. The van der Waals surface area contributed by atoms with Crippen LogP contribution in [0.1, 0.15) is 16.1 Å². The topological polar surface area (TPSA) is 34.0 Å². The van der Waals surface area contributed by atoms with E-state index in [2.05, 4.69) is 5.32 Å². The zero-order chi connectivity index (χ0) is 15.7. The Morgan fingerprint density at radius 2 is 2.00 bits per heavy atom. The second kappa shape index (κ2) is 5.81. The molecule has 1 amide bonds. The number of nitrogens with one attached hydrogen (secondary N) is 1. The van der Waals surface area contributed by atoms with E-state index < -0.39 is 0 Å². The number of benzene rings is 2. The van der Waals surface area contributed by atoms with Gasteiger partial charge in [-0.3, -0.25) is 4.79 Å². The molecule has 22 heavy (non-hydrogen) atoms. The average Bonchev–Trinajstić information content (AvgIpc) is 2.84. The van der Waals surface area contributed by atoms with Gasteiger partial charge in [-0.25, -0.2) is 4.39 Å². The maximum atomic E-state index is 13.1. The molecule has 0 aliphatic rings. The zero-order valence-electron chi connectivity index (χ0n) is 11.9. The molecule has 3 rings (SSSR count). The fraction of sp³-hybridized carbons (Fsp3) is 0.118. The third-order valence-corrected chi connectivity index (χ3v) is 3.94. The first-order chi connectivity index (χ1) is 10.6. The van der Waals surface area contributed by atoms with E-state index in [1.807, 2.05) is 19.2 Å². The van der Waals surface area contributed by atoms with Crippen molar-refractivity contribution in [3.8, 4) is 0 Å². The summed E-state index contributed by atoms with van der Waals surface area (Å²) in [6.45, 7) is 0.270. The molecule has 3 nitrogen and oxygen atoms in total. The molecule has 1 N–H and O–H groups in total. The van der Waals surface area contributed by atoms with Gasteiger partial charge in [0.25, 0.3) is 5.91 Å². The predicted octanol–water partition coefficient (Wildman–Crippen LogP) is 3.90. The lowest BCUT2D eigenvalue weighted by molar-refractivity contribution is 0.0943. The lowest BCUT2D eigenvalue weighted by atomic mass is 10.2. The van der Waals surface area contributed by atoms with Gasteiger partial charge in [0.1, 0.15) is 11.5 Å². The Bertz CT molecular complexity index is 857. The van der Waals surface area contributed by atoms with Crippen molar-refractivity contribution in [2.75, 3.05) is 0 Å². The fourth-order valence-corrected chi connectivity index (χ4v) is 2.69. The van der Waals surface area contributed by atoms with E-state index in [0.717, 1.165) is 10.9 Å². The highest BCUT2D eigenvalue weighted by molar-refractivity contribution is 6.35. The van der Waals surface area contributed by atoms with E-state index in [0.29, 0.717) is 16.3 Å². The van der Waals surface area contributed by atoms with Crippen LogP contribution in [0.2, 0.25) is 5.02 Å². The molecule has 2 aromatic carbocycles. The molecule has 0 saturated heterocycles. The van der Waals surface area contributed by atoms with Crippen LogP contribution in [0.4, 0.5) is 4.39 Å². The van der Waals surface area contributed by atoms with Gasteiger partial charge < -0.3 is 9.88 Å². The Labute approximate surface area is 132 Å². The van der Waals surface area contributed by atoms with Gasteiger partial charge in [0.2, 0.25) is 0 Å². The van der Waals surface area contributed by atoms with E-state index in [-0.39, 0.29) is 18.3 Å². The summed E-state index contributed by atoms with van der Waals surface area (Å²) < 4.78 is 14.9. The number of halogens is 2. The quantitative estimate of drug-likeness (QED) is 0.781. The van der Waals surface area contributed by atoms with E-state index in [1.54, 1.807) is 28.8 Å². The monoisotopic (exact) mass is 316 g/mol. The second-order valence-electron chi connectivity index (χ2n) is 5.07. The van der Waals surface area contributed by atoms with Gasteiger partial charge in [0.05, 0.1) is 0 Å². The fourth-order valence-electron chi connectivity index (χ4n) is 2.46. The summed E-state index contributed by atoms with van der Waals surface area (Å²) in [4.78, 5) is 12.3. The molecule has 0 unspecified atom stereocenters. The van der Waals surface area contributed by atoms with Gasteiger partial charge >= 0.3 is 0 Å². The summed E-state index contributed by atoms with van der Waals surface area (Å²) in [6, 6.07) is 13.5. The third-order valence-electron chi connectivity index (χ3n) is 3.61. The number of rotatable bonds is 3. The maximum absolute atomic E-state index is 13.1. The highest BCUT2D eigenvalue weighted by atomic mass is 35.5. The molecule has 0 radical (unpaired) electrons. The van der Waals surface area contributed by atoms with Crippen molar-refractivity contribution >= 4 is 28.4 Å². The normalized spacial score (nSPS) is 10.9.